The third-order valence-electron chi connectivity index (χ3n) is 3.08. The lowest BCUT2D eigenvalue weighted by molar-refractivity contribution is -0.123. The summed E-state index contributed by atoms with van der Waals surface area (Å²) in [6.45, 7) is 2.05. The molecule has 23 heavy (non-hydrogen) atoms. The van der Waals surface area contributed by atoms with Gasteiger partial charge in [0.15, 0.2) is 6.61 Å². The molecule has 0 heterocycles. The van der Waals surface area contributed by atoms with Gasteiger partial charge in [0, 0.05) is 5.02 Å². The van der Waals surface area contributed by atoms with Gasteiger partial charge in [0.1, 0.15) is 5.75 Å². The minimum absolute atomic E-state index is 0.0833. The SMILES string of the molecule is CCCc1ccc(OCC(=O)N/N=C/c2cccc(Cl)c2)cc1. The van der Waals surface area contributed by atoms with Gasteiger partial charge in [0.05, 0.1) is 6.21 Å². The molecule has 0 atom stereocenters. The number of hydrazone groups is 1. The van der Waals surface area contributed by atoms with Crippen LogP contribution in [0.3, 0.4) is 0 Å². The first-order chi connectivity index (χ1) is 11.2. The van der Waals surface area contributed by atoms with Gasteiger partial charge in [-0.05, 0) is 41.8 Å². The van der Waals surface area contributed by atoms with Crippen molar-refractivity contribution in [1.82, 2.24) is 5.43 Å². The van der Waals surface area contributed by atoms with Crippen LogP contribution in [0.1, 0.15) is 24.5 Å². The van der Waals surface area contributed by atoms with E-state index in [0.29, 0.717) is 10.8 Å². The molecule has 0 aromatic heterocycles. The first-order valence-electron chi connectivity index (χ1n) is 7.46. The minimum atomic E-state index is -0.319. The van der Waals surface area contributed by atoms with Gasteiger partial charge in [-0.1, -0.05) is 49.2 Å². The summed E-state index contributed by atoms with van der Waals surface area (Å²) in [5.74, 6) is 0.347. The highest BCUT2D eigenvalue weighted by Crippen LogP contribution is 2.13. The van der Waals surface area contributed by atoms with Crippen molar-refractivity contribution in [2.24, 2.45) is 5.10 Å². The van der Waals surface area contributed by atoms with Gasteiger partial charge in [-0.15, -0.1) is 0 Å². The van der Waals surface area contributed by atoms with Crippen LogP contribution in [0.25, 0.3) is 0 Å². The normalized spacial score (nSPS) is 10.7. The van der Waals surface area contributed by atoms with E-state index in [1.165, 1.54) is 11.8 Å². The predicted molar refractivity (Wildman–Crippen MR) is 93.1 cm³/mol. The Morgan fingerprint density at radius 3 is 2.74 bits per heavy atom. The molecule has 0 aliphatic heterocycles. The maximum atomic E-state index is 11.7. The molecule has 0 aliphatic carbocycles. The Labute approximate surface area is 141 Å². The summed E-state index contributed by atoms with van der Waals surface area (Å²) < 4.78 is 5.42. The summed E-state index contributed by atoms with van der Waals surface area (Å²) >= 11 is 5.87. The minimum Gasteiger partial charge on any atom is -0.484 e. The second-order valence-corrected chi connectivity index (χ2v) is 5.47. The van der Waals surface area contributed by atoms with Crippen molar-refractivity contribution in [3.8, 4) is 5.75 Å². The average molecular weight is 331 g/mol. The van der Waals surface area contributed by atoms with E-state index < -0.39 is 0 Å². The van der Waals surface area contributed by atoms with Crippen LogP contribution in [0.4, 0.5) is 0 Å². The molecule has 0 unspecified atom stereocenters. The smallest absolute Gasteiger partial charge is 0.277 e. The van der Waals surface area contributed by atoms with Crippen LogP contribution in [0.5, 0.6) is 5.75 Å². The summed E-state index contributed by atoms with van der Waals surface area (Å²) in [5.41, 5.74) is 4.49. The highest BCUT2D eigenvalue weighted by atomic mass is 35.5. The van der Waals surface area contributed by atoms with Crippen LogP contribution < -0.4 is 10.2 Å². The summed E-state index contributed by atoms with van der Waals surface area (Å²) in [5, 5.41) is 4.49. The van der Waals surface area contributed by atoms with Crippen molar-refractivity contribution in [3.63, 3.8) is 0 Å². The maximum Gasteiger partial charge on any atom is 0.277 e. The van der Waals surface area contributed by atoms with E-state index >= 15 is 0 Å². The fourth-order valence-electron chi connectivity index (χ4n) is 1.99. The molecule has 120 valence electrons. The molecule has 2 aromatic carbocycles. The van der Waals surface area contributed by atoms with Crippen LogP contribution in [-0.2, 0) is 11.2 Å². The quantitative estimate of drug-likeness (QED) is 0.619. The third kappa shape index (κ3) is 6.12. The standard InChI is InChI=1S/C18H19ClN2O2/c1-2-4-14-7-9-17(10-8-14)23-13-18(22)21-20-12-15-5-3-6-16(19)11-15/h3,5-12H,2,4,13H2,1H3,(H,21,22)/b20-12+. The van der Waals surface area contributed by atoms with Crippen LogP contribution >= 0.6 is 11.6 Å². The molecule has 0 radical (unpaired) electrons. The molecule has 2 rings (SSSR count). The Morgan fingerprint density at radius 1 is 1.26 bits per heavy atom. The Morgan fingerprint density at radius 2 is 2.04 bits per heavy atom. The monoisotopic (exact) mass is 330 g/mol. The number of hydrogen-bond donors (Lipinski definition) is 1. The number of nitrogens with one attached hydrogen (secondary N) is 1. The Hall–Kier alpha value is -2.33. The molecule has 2 aromatic rings. The third-order valence-corrected chi connectivity index (χ3v) is 3.32. The lowest BCUT2D eigenvalue weighted by Gasteiger charge is -2.06. The fourth-order valence-corrected chi connectivity index (χ4v) is 2.19. The van der Waals surface area contributed by atoms with Crippen LogP contribution in [0.15, 0.2) is 53.6 Å². The van der Waals surface area contributed by atoms with Crippen molar-refractivity contribution >= 4 is 23.7 Å². The highest BCUT2D eigenvalue weighted by Gasteiger charge is 2.01. The van der Waals surface area contributed by atoms with Gasteiger partial charge in [-0.2, -0.15) is 5.10 Å². The number of aryl methyl sites for hydroxylation is 1. The number of benzene rings is 2. The first-order valence-corrected chi connectivity index (χ1v) is 7.84. The highest BCUT2D eigenvalue weighted by molar-refractivity contribution is 6.30. The van der Waals surface area contributed by atoms with Crippen molar-refractivity contribution in [1.29, 1.82) is 0 Å². The number of carbonyl (C=O) groups is 1. The zero-order valence-electron chi connectivity index (χ0n) is 13.0. The van der Waals surface area contributed by atoms with E-state index in [-0.39, 0.29) is 12.5 Å². The van der Waals surface area contributed by atoms with Crippen molar-refractivity contribution < 1.29 is 9.53 Å². The summed E-state index contributed by atoms with van der Waals surface area (Å²) in [4.78, 5) is 11.7. The number of nitrogens with zero attached hydrogens (tertiary/aromatic N) is 1. The molecule has 1 amide bonds. The molecule has 4 nitrogen and oxygen atoms in total. The number of amides is 1. The zero-order chi connectivity index (χ0) is 16.5. The van der Waals surface area contributed by atoms with Crippen LogP contribution in [0, 0.1) is 0 Å². The lowest BCUT2D eigenvalue weighted by atomic mass is 10.1. The van der Waals surface area contributed by atoms with Gasteiger partial charge in [-0.3, -0.25) is 4.79 Å². The van der Waals surface area contributed by atoms with Crippen LogP contribution in [-0.4, -0.2) is 18.7 Å². The predicted octanol–water partition coefficient (Wildman–Crippen LogP) is 3.82. The number of hydrogen-bond acceptors (Lipinski definition) is 3. The fraction of sp³-hybridized carbons (Fsp3) is 0.222. The summed E-state index contributed by atoms with van der Waals surface area (Å²) in [6.07, 6.45) is 3.68. The van der Waals surface area contributed by atoms with Gasteiger partial charge < -0.3 is 4.74 Å². The van der Waals surface area contributed by atoms with Crippen molar-refractivity contribution in [2.45, 2.75) is 19.8 Å². The molecule has 0 aliphatic rings. The number of carbonyl (C=O) groups excluding carboxylic acids is 1. The zero-order valence-corrected chi connectivity index (χ0v) is 13.7. The van der Waals surface area contributed by atoms with E-state index in [1.54, 1.807) is 12.1 Å². The van der Waals surface area contributed by atoms with Gasteiger partial charge in [-0.25, -0.2) is 5.43 Å². The van der Waals surface area contributed by atoms with Crippen molar-refractivity contribution in [3.05, 3.63) is 64.7 Å². The molecule has 0 saturated carbocycles. The van der Waals surface area contributed by atoms with E-state index in [2.05, 4.69) is 17.5 Å². The number of ether oxygens (including phenoxy) is 1. The van der Waals surface area contributed by atoms with E-state index in [1.807, 2.05) is 36.4 Å². The number of rotatable bonds is 7. The Balaban J connectivity index is 1.76. The van der Waals surface area contributed by atoms with Crippen molar-refractivity contribution in [2.75, 3.05) is 6.61 Å². The topological polar surface area (TPSA) is 50.7 Å². The van der Waals surface area contributed by atoms with E-state index in [9.17, 15) is 4.79 Å². The molecule has 1 N–H and O–H groups in total. The lowest BCUT2D eigenvalue weighted by Crippen LogP contribution is -2.24. The molecule has 0 spiro atoms. The molecule has 0 bridgehead atoms. The van der Waals surface area contributed by atoms with E-state index in [4.69, 9.17) is 16.3 Å². The second kappa shape index (κ2) is 8.96. The largest absolute Gasteiger partial charge is 0.484 e. The van der Waals surface area contributed by atoms with Gasteiger partial charge in [0.25, 0.3) is 5.91 Å². The summed E-state index contributed by atoms with van der Waals surface area (Å²) in [7, 11) is 0. The maximum absolute atomic E-state index is 11.7. The molecule has 0 fully saturated rings. The van der Waals surface area contributed by atoms with Gasteiger partial charge in [0.2, 0.25) is 0 Å². The number of halogens is 1. The van der Waals surface area contributed by atoms with Gasteiger partial charge >= 0.3 is 0 Å². The molecule has 0 saturated heterocycles. The second-order valence-electron chi connectivity index (χ2n) is 5.03. The van der Waals surface area contributed by atoms with E-state index in [0.717, 1.165) is 18.4 Å². The first kappa shape index (κ1) is 17.0. The summed E-state index contributed by atoms with van der Waals surface area (Å²) in [6, 6.07) is 14.9. The average Bonchev–Trinajstić information content (AvgIpc) is 2.55. The van der Waals surface area contributed by atoms with Crippen LogP contribution in [0.2, 0.25) is 5.02 Å². The Bertz CT molecular complexity index is 669. The molecular weight excluding hydrogens is 312 g/mol. The molecular formula is C18H19ClN2O2. The molecule has 5 heteroatoms. The Kier molecular flexibility index (Phi) is 6.63.